The fourth-order valence-corrected chi connectivity index (χ4v) is 0. The summed E-state index contributed by atoms with van der Waals surface area (Å²) >= 11 is 0. The van der Waals surface area contributed by atoms with Gasteiger partial charge in [0.05, 0.1) is 0 Å². The van der Waals surface area contributed by atoms with Crippen LogP contribution in [0.3, 0.4) is 0 Å². The average molecular weight is 386 g/mol. The average Bonchev–Trinajstić information content (AvgIpc) is 1.12. The molecule has 0 atom stereocenters. The van der Waals surface area contributed by atoms with Crippen LogP contribution in [0.25, 0.3) is 0 Å². The van der Waals surface area contributed by atoms with Gasteiger partial charge in [0.1, 0.15) is 0 Å². The second-order valence-corrected chi connectivity index (χ2v) is 2.68. The molecule has 8 nitrogen and oxygen atoms in total. The van der Waals surface area contributed by atoms with Crippen molar-refractivity contribution >= 4 is 15.6 Å². The third-order valence-corrected chi connectivity index (χ3v) is 0. The van der Waals surface area contributed by atoms with Crippen LogP contribution in [0.15, 0.2) is 0 Å². The van der Waals surface area contributed by atoms with Crippen LogP contribution in [-0.2, 0) is 67.6 Å². The van der Waals surface area contributed by atoms with E-state index in [1.165, 1.54) is 0 Å². The maximum absolute atomic E-state index is 8.55. The van der Waals surface area contributed by atoms with E-state index in [0.717, 1.165) is 0 Å². The molecule has 0 rings (SSSR count). The van der Waals surface area contributed by atoms with Crippen LogP contribution in [0.2, 0.25) is 0 Å². The molecule has 0 spiro atoms. The Kier molecular flexibility index (Phi) is 27.5. The third-order valence-electron chi connectivity index (χ3n) is 0. The maximum atomic E-state index is 8.55. The zero-order chi connectivity index (χ0) is 9.00. The first-order valence-corrected chi connectivity index (χ1v) is 4.38. The molecule has 0 amide bonds. The summed E-state index contributed by atoms with van der Waals surface area (Å²) in [5.74, 6) is 0. The summed E-state index contributed by atoms with van der Waals surface area (Å²) in [6.45, 7) is 0. The predicted octanol–water partition coefficient (Wildman–Crippen LogP) is -5.66. The molecule has 0 heterocycles. The van der Waals surface area contributed by atoms with Crippen molar-refractivity contribution in [3.05, 3.63) is 0 Å². The Morgan fingerprint density at radius 3 is 0.538 bits per heavy atom. The number of phosphoric acid groups is 2. The molecule has 0 aromatic heterocycles. The summed E-state index contributed by atoms with van der Waals surface area (Å²) in [5, 5.41) is 0. The molecule has 0 unspecified atom stereocenters. The van der Waals surface area contributed by atoms with Crippen LogP contribution < -0.4 is 29.4 Å². The van der Waals surface area contributed by atoms with Crippen molar-refractivity contribution in [2.45, 2.75) is 0 Å². The second kappa shape index (κ2) is 12.2. The Bertz CT molecular complexity index is 130. The number of hydrogen-bond acceptors (Lipinski definition) is 8. The van der Waals surface area contributed by atoms with Crippen molar-refractivity contribution in [2.75, 3.05) is 0 Å². The van der Waals surface area contributed by atoms with Gasteiger partial charge in [-0.1, -0.05) is 0 Å². The van der Waals surface area contributed by atoms with Crippen molar-refractivity contribution in [3.8, 4) is 0 Å². The van der Waals surface area contributed by atoms with E-state index in [2.05, 4.69) is 0 Å². The Morgan fingerprint density at radius 1 is 0.538 bits per heavy atom. The van der Waals surface area contributed by atoms with E-state index < -0.39 is 15.6 Å². The van der Waals surface area contributed by atoms with Gasteiger partial charge in [-0.15, -0.1) is 0 Å². The van der Waals surface area contributed by atoms with Crippen LogP contribution in [0.5, 0.6) is 0 Å². The fourth-order valence-electron chi connectivity index (χ4n) is 0. The van der Waals surface area contributed by atoms with Crippen LogP contribution in [0.4, 0.5) is 0 Å². The summed E-state index contributed by atoms with van der Waals surface area (Å²) in [7, 11) is -10.8. The molecule has 13 heteroatoms. The minimum absolute atomic E-state index is 0. The van der Waals surface area contributed by atoms with Crippen LogP contribution in [0.1, 0.15) is 0 Å². The topological polar surface area (TPSA) is 172 Å². The molecule has 0 radical (unpaired) electrons. The van der Waals surface area contributed by atoms with Gasteiger partial charge in [-0.2, -0.15) is 15.6 Å². The molecule has 0 aliphatic carbocycles. The Balaban J connectivity index is -0.0000000267. The molecule has 0 saturated heterocycles. The number of rotatable bonds is 0. The molecule has 13 heavy (non-hydrogen) atoms. The van der Waals surface area contributed by atoms with Crippen molar-refractivity contribution in [3.63, 3.8) is 0 Å². The minimum atomic E-state index is -5.39. The Hall–Kier alpha value is 2.09. The van der Waals surface area contributed by atoms with Crippen molar-refractivity contribution in [1.29, 1.82) is 0 Å². The van der Waals surface area contributed by atoms with E-state index in [1.54, 1.807) is 0 Å². The molecule has 70 valence electrons. The van der Waals surface area contributed by atoms with E-state index in [4.69, 9.17) is 38.5 Å². The predicted molar refractivity (Wildman–Crippen MR) is 15.2 cm³/mol. The van der Waals surface area contributed by atoms with E-state index in [-0.39, 0.29) is 58.4 Å². The standard InChI is InChI=1S/2H3O4P.3Zn/c2*1-5(2,3)4;;;/h2*(H3,1,2,3,4);;;/p-6. The SMILES string of the molecule is O=P([O-])([O-])[O-].O=P([O-])([O-])[O-].[Zn].[Zn].[Zn]. The van der Waals surface area contributed by atoms with Crippen LogP contribution >= 0.6 is 15.6 Å². The minimum Gasteiger partial charge on any atom is -0.822 e. The second-order valence-electron chi connectivity index (χ2n) is 0.894. The maximum Gasteiger partial charge on any atom is 0 e. The summed E-state index contributed by atoms with van der Waals surface area (Å²) in [5.41, 5.74) is 0. The molecular weight excluding hydrogens is 386 g/mol. The first-order chi connectivity index (χ1) is 4.00. The molecule has 0 aromatic rings. The fraction of sp³-hybridized carbons (Fsp3) is 0. The van der Waals surface area contributed by atoms with Gasteiger partial charge in [0.25, 0.3) is 0 Å². The van der Waals surface area contributed by atoms with E-state index in [0.29, 0.717) is 0 Å². The summed E-state index contributed by atoms with van der Waals surface area (Å²) in [6.07, 6.45) is 0. The van der Waals surface area contributed by atoms with Gasteiger partial charge < -0.3 is 38.5 Å². The Morgan fingerprint density at radius 2 is 0.538 bits per heavy atom. The summed E-state index contributed by atoms with van der Waals surface area (Å²) in [4.78, 5) is 51.3. The molecule has 0 aliphatic heterocycles. The van der Waals surface area contributed by atoms with Gasteiger partial charge >= 0.3 is 0 Å². The summed E-state index contributed by atoms with van der Waals surface area (Å²) in [6, 6.07) is 0. The van der Waals surface area contributed by atoms with E-state index >= 15 is 0 Å². The van der Waals surface area contributed by atoms with Gasteiger partial charge in [-0.05, 0) is 0 Å². The molecule has 0 aromatic carbocycles. The van der Waals surface area contributed by atoms with Crippen LogP contribution in [0, 0.1) is 0 Å². The first kappa shape index (κ1) is 29.4. The molecule has 0 saturated carbocycles. The zero-order valence-electron chi connectivity index (χ0n) is 6.28. The molecule has 0 N–H and O–H groups in total. The van der Waals surface area contributed by atoms with Gasteiger partial charge in [0, 0.05) is 58.4 Å². The third kappa shape index (κ3) is 471. The van der Waals surface area contributed by atoms with Crippen molar-refractivity contribution < 1.29 is 96.9 Å². The van der Waals surface area contributed by atoms with Gasteiger partial charge in [-0.25, -0.2) is 0 Å². The zero-order valence-corrected chi connectivity index (χ0v) is 17.0. The monoisotopic (exact) mass is 382 g/mol. The van der Waals surface area contributed by atoms with Gasteiger partial charge in [0.2, 0.25) is 0 Å². The summed E-state index contributed by atoms with van der Waals surface area (Å²) < 4.78 is 17.1. The molecule has 0 bridgehead atoms. The van der Waals surface area contributed by atoms with E-state index in [9.17, 15) is 0 Å². The number of hydrogen-bond donors (Lipinski definition) is 0. The van der Waals surface area contributed by atoms with Crippen LogP contribution in [-0.4, -0.2) is 0 Å². The normalized spacial score (nSPS) is 9.08. The molecule has 0 aliphatic rings. The van der Waals surface area contributed by atoms with Gasteiger partial charge in [-0.3, -0.25) is 0 Å². The smallest absolute Gasteiger partial charge is 0 e. The quantitative estimate of drug-likeness (QED) is 0.293. The van der Waals surface area contributed by atoms with Crippen molar-refractivity contribution in [1.82, 2.24) is 0 Å². The molecular formula is O8P2Zn3-6. The van der Waals surface area contributed by atoms with Gasteiger partial charge in [0.15, 0.2) is 0 Å². The first-order valence-electron chi connectivity index (χ1n) is 1.46. The molecule has 0 fully saturated rings. The Labute approximate surface area is 112 Å². The van der Waals surface area contributed by atoms with E-state index in [1.807, 2.05) is 0 Å². The van der Waals surface area contributed by atoms with Crippen molar-refractivity contribution in [2.24, 2.45) is 0 Å². The largest absolute Gasteiger partial charge is 0.822 e.